The Morgan fingerprint density at radius 3 is 2.23 bits per heavy atom. The summed E-state index contributed by atoms with van der Waals surface area (Å²) in [6.07, 6.45) is 24.5. The van der Waals surface area contributed by atoms with Crippen molar-refractivity contribution >= 4 is 11.1 Å². The highest BCUT2D eigenvalue weighted by atomic mass is 14.4. The van der Waals surface area contributed by atoms with E-state index in [1.165, 1.54) is 59.1 Å². The van der Waals surface area contributed by atoms with Crippen LogP contribution in [0.1, 0.15) is 36.8 Å². The lowest BCUT2D eigenvalue weighted by Crippen LogP contribution is -2.03. The molecule has 0 aliphatic heterocycles. The van der Waals surface area contributed by atoms with Gasteiger partial charge >= 0.3 is 0 Å². The van der Waals surface area contributed by atoms with E-state index in [0.29, 0.717) is 0 Å². The lowest BCUT2D eigenvalue weighted by molar-refractivity contribution is 0.965. The lowest BCUT2D eigenvalue weighted by Gasteiger charge is -2.22. The minimum Gasteiger partial charge on any atom is -0.0836 e. The maximum atomic E-state index is 2.56. The summed E-state index contributed by atoms with van der Waals surface area (Å²) in [6, 6.07) is 9.04. The molecule has 0 aromatic heterocycles. The summed E-state index contributed by atoms with van der Waals surface area (Å²) in [5.41, 5.74) is 8.61. The normalized spacial score (nSPS) is 33.4. The molecule has 4 atom stereocenters. The highest BCUT2D eigenvalue weighted by Crippen LogP contribution is 2.52. The number of hydrogen-bond donors (Lipinski definition) is 0. The third-order valence-corrected chi connectivity index (χ3v) is 6.58. The van der Waals surface area contributed by atoms with Crippen LogP contribution in [0.15, 0.2) is 84.0 Å². The molecule has 0 bridgehead atoms. The highest BCUT2D eigenvalue weighted by molar-refractivity contribution is 5.93. The van der Waals surface area contributed by atoms with E-state index in [1.54, 1.807) is 0 Å². The van der Waals surface area contributed by atoms with Gasteiger partial charge in [-0.3, -0.25) is 0 Å². The van der Waals surface area contributed by atoms with Crippen LogP contribution in [0, 0.1) is 23.7 Å². The summed E-state index contributed by atoms with van der Waals surface area (Å²) in [4.78, 5) is 0. The first-order chi connectivity index (χ1) is 12.9. The Balaban J connectivity index is 1.46. The molecule has 0 amide bonds. The van der Waals surface area contributed by atoms with Crippen LogP contribution in [0.3, 0.4) is 0 Å². The van der Waals surface area contributed by atoms with Crippen LogP contribution in [-0.4, -0.2) is 0 Å². The molecule has 0 saturated heterocycles. The zero-order chi connectivity index (χ0) is 17.1. The Morgan fingerprint density at radius 1 is 0.654 bits per heavy atom. The second kappa shape index (κ2) is 5.58. The summed E-state index contributed by atoms with van der Waals surface area (Å²) >= 11 is 0. The second-order valence-electron chi connectivity index (χ2n) is 8.45. The minimum atomic E-state index is 0.763. The zero-order valence-corrected chi connectivity index (χ0v) is 15.1. The molecule has 0 nitrogen and oxygen atoms in total. The molecule has 5 aliphatic carbocycles. The van der Waals surface area contributed by atoms with Crippen molar-refractivity contribution in [1.29, 1.82) is 0 Å². The first-order valence-corrected chi connectivity index (χ1v) is 10.2. The molecule has 6 rings (SSSR count). The van der Waals surface area contributed by atoms with Gasteiger partial charge in [-0.25, -0.2) is 0 Å². The van der Waals surface area contributed by atoms with Crippen LogP contribution < -0.4 is 0 Å². The maximum Gasteiger partial charge on any atom is -0.0103 e. The summed E-state index contributed by atoms with van der Waals surface area (Å²) in [5, 5.41) is 0. The molecule has 1 aromatic rings. The van der Waals surface area contributed by atoms with Crippen molar-refractivity contribution in [1.82, 2.24) is 0 Å². The predicted octanol–water partition coefficient (Wildman–Crippen LogP) is 6.51. The quantitative estimate of drug-likeness (QED) is 0.590. The molecule has 1 aromatic carbocycles. The summed E-state index contributed by atoms with van der Waals surface area (Å²) in [6.45, 7) is 0. The molecule has 2 fully saturated rings. The van der Waals surface area contributed by atoms with Crippen LogP contribution >= 0.6 is 0 Å². The molecule has 0 N–H and O–H groups in total. The van der Waals surface area contributed by atoms with Gasteiger partial charge in [0.05, 0.1) is 0 Å². The first-order valence-electron chi connectivity index (χ1n) is 10.2. The van der Waals surface area contributed by atoms with Crippen molar-refractivity contribution in [2.75, 3.05) is 0 Å². The molecule has 0 heterocycles. The predicted molar refractivity (Wildman–Crippen MR) is 109 cm³/mol. The molecule has 4 unspecified atom stereocenters. The lowest BCUT2D eigenvalue weighted by atomic mass is 9.82. The van der Waals surface area contributed by atoms with Gasteiger partial charge in [-0.2, -0.15) is 0 Å². The molecule has 2 saturated carbocycles. The summed E-state index contributed by atoms with van der Waals surface area (Å²) in [5.74, 6) is 3.15. The SMILES string of the molecule is C1=CC(C2=CC3CC3C=C2c2ccccc2C2=CC3CC3C=C2)=CCC1. The monoisotopic (exact) mass is 336 g/mol. The minimum absolute atomic E-state index is 0.763. The van der Waals surface area contributed by atoms with E-state index in [0.717, 1.165) is 23.7 Å². The van der Waals surface area contributed by atoms with Gasteiger partial charge in [0.25, 0.3) is 0 Å². The van der Waals surface area contributed by atoms with Crippen molar-refractivity contribution in [2.24, 2.45) is 23.7 Å². The van der Waals surface area contributed by atoms with Crippen molar-refractivity contribution in [3.05, 3.63) is 95.1 Å². The van der Waals surface area contributed by atoms with Crippen LogP contribution in [0.2, 0.25) is 0 Å². The smallest absolute Gasteiger partial charge is 0.0103 e. The molecule has 5 aliphatic rings. The molecular weight excluding hydrogens is 312 g/mol. The molecule has 0 heteroatoms. The zero-order valence-electron chi connectivity index (χ0n) is 15.1. The highest BCUT2D eigenvalue weighted by Gasteiger charge is 2.39. The average molecular weight is 336 g/mol. The van der Waals surface area contributed by atoms with Crippen molar-refractivity contribution in [3.63, 3.8) is 0 Å². The number of hydrogen-bond acceptors (Lipinski definition) is 0. The van der Waals surface area contributed by atoms with Gasteiger partial charge in [-0.05, 0) is 82.8 Å². The standard InChI is InChI=1S/C26H24/c1-2-6-17(7-3-1)25-15-21-14-22(21)16-26(25)24-9-5-4-8-23(24)19-11-10-18-12-20(18)13-19/h2,4-11,13,15-16,18,20-22H,1,3,12,14H2. The largest absolute Gasteiger partial charge is 0.0836 e. The van der Waals surface area contributed by atoms with E-state index in [-0.39, 0.29) is 0 Å². The van der Waals surface area contributed by atoms with E-state index in [9.17, 15) is 0 Å². The van der Waals surface area contributed by atoms with Crippen molar-refractivity contribution < 1.29 is 0 Å². The van der Waals surface area contributed by atoms with E-state index in [4.69, 9.17) is 0 Å². The molecular formula is C26H24. The molecule has 0 radical (unpaired) electrons. The molecule has 0 spiro atoms. The van der Waals surface area contributed by atoms with Gasteiger partial charge in [0, 0.05) is 0 Å². The van der Waals surface area contributed by atoms with Crippen LogP contribution in [0.5, 0.6) is 0 Å². The Hall–Kier alpha value is -2.34. The Kier molecular flexibility index (Phi) is 3.17. The van der Waals surface area contributed by atoms with Gasteiger partial charge in [0.1, 0.15) is 0 Å². The Morgan fingerprint density at radius 2 is 1.42 bits per heavy atom. The summed E-state index contributed by atoms with van der Waals surface area (Å²) < 4.78 is 0. The van der Waals surface area contributed by atoms with Crippen molar-refractivity contribution in [2.45, 2.75) is 25.7 Å². The fourth-order valence-electron chi connectivity index (χ4n) is 4.84. The van der Waals surface area contributed by atoms with Crippen LogP contribution in [-0.2, 0) is 0 Å². The van der Waals surface area contributed by atoms with E-state index in [1.807, 2.05) is 0 Å². The first kappa shape index (κ1) is 14.8. The third kappa shape index (κ3) is 2.43. The Bertz CT molecular complexity index is 960. The number of fused-ring (bicyclic) bond motifs is 2. The van der Waals surface area contributed by atoms with Gasteiger partial charge in [0.15, 0.2) is 0 Å². The molecule has 128 valence electrons. The van der Waals surface area contributed by atoms with Crippen LogP contribution in [0.4, 0.5) is 0 Å². The van der Waals surface area contributed by atoms with E-state index >= 15 is 0 Å². The maximum absolute atomic E-state index is 2.56. The van der Waals surface area contributed by atoms with Crippen LogP contribution in [0.25, 0.3) is 11.1 Å². The second-order valence-corrected chi connectivity index (χ2v) is 8.45. The van der Waals surface area contributed by atoms with E-state index < -0.39 is 0 Å². The fourth-order valence-corrected chi connectivity index (χ4v) is 4.84. The fraction of sp³-hybridized carbons (Fsp3) is 0.308. The van der Waals surface area contributed by atoms with E-state index in [2.05, 4.69) is 72.9 Å². The number of allylic oxidation sites excluding steroid dienone is 12. The van der Waals surface area contributed by atoms with Gasteiger partial charge in [-0.1, -0.05) is 72.9 Å². The molecule has 26 heavy (non-hydrogen) atoms. The summed E-state index contributed by atoms with van der Waals surface area (Å²) in [7, 11) is 0. The van der Waals surface area contributed by atoms with Crippen molar-refractivity contribution in [3.8, 4) is 0 Å². The number of benzene rings is 1. The van der Waals surface area contributed by atoms with Gasteiger partial charge < -0.3 is 0 Å². The number of rotatable bonds is 3. The topological polar surface area (TPSA) is 0 Å². The van der Waals surface area contributed by atoms with Gasteiger partial charge in [0.2, 0.25) is 0 Å². The average Bonchev–Trinajstić information content (AvgIpc) is 3.61. The van der Waals surface area contributed by atoms with Gasteiger partial charge in [-0.15, -0.1) is 0 Å². The third-order valence-electron chi connectivity index (χ3n) is 6.58. The Labute approximate surface area is 156 Å².